The maximum absolute atomic E-state index is 13.5. The number of quaternary nitrogens is 1. The van der Waals surface area contributed by atoms with Gasteiger partial charge in [0, 0.05) is 18.7 Å². The van der Waals surface area contributed by atoms with E-state index in [9.17, 15) is 9.50 Å². The highest BCUT2D eigenvalue weighted by Crippen LogP contribution is 2.09. The van der Waals surface area contributed by atoms with Crippen LogP contribution in [0.2, 0.25) is 0 Å². The molecule has 6 heteroatoms. The molecule has 0 bridgehead atoms. The van der Waals surface area contributed by atoms with E-state index in [2.05, 4.69) is 24.5 Å². The summed E-state index contributed by atoms with van der Waals surface area (Å²) in [7, 11) is 0. The minimum absolute atomic E-state index is 0.217. The second-order valence-corrected chi connectivity index (χ2v) is 8.23. The number of aliphatic hydroxyl groups is 1. The highest BCUT2D eigenvalue weighted by atomic mass is 19.1. The van der Waals surface area contributed by atoms with Crippen molar-refractivity contribution in [1.82, 2.24) is 4.57 Å². The van der Waals surface area contributed by atoms with Crippen LogP contribution in [0.15, 0.2) is 65.4 Å². The van der Waals surface area contributed by atoms with Gasteiger partial charge in [0.1, 0.15) is 37.4 Å². The van der Waals surface area contributed by atoms with Gasteiger partial charge in [-0.3, -0.25) is 0 Å². The summed E-state index contributed by atoms with van der Waals surface area (Å²) < 4.78 is 26.5. The summed E-state index contributed by atoms with van der Waals surface area (Å²) in [6, 6.07) is 14.5. The van der Waals surface area contributed by atoms with Crippen LogP contribution in [0.4, 0.5) is 4.39 Å². The zero-order valence-electron chi connectivity index (χ0n) is 17.8. The number of furan rings is 1. The number of nitrogens with zero attached hydrogens (tertiary/aromatic N) is 1. The first kappa shape index (κ1) is 22.3. The maximum Gasteiger partial charge on any atom is 0.129 e. The van der Waals surface area contributed by atoms with Crippen LogP contribution >= 0.6 is 0 Å². The van der Waals surface area contributed by atoms with E-state index in [1.165, 1.54) is 16.7 Å². The number of aromatic nitrogens is 1. The first-order chi connectivity index (χ1) is 14.5. The van der Waals surface area contributed by atoms with Crippen molar-refractivity contribution in [3.05, 3.63) is 83.8 Å². The van der Waals surface area contributed by atoms with Crippen LogP contribution in [-0.4, -0.2) is 35.5 Å². The van der Waals surface area contributed by atoms with Gasteiger partial charge in [-0.15, -0.1) is 0 Å². The molecule has 2 atom stereocenters. The summed E-state index contributed by atoms with van der Waals surface area (Å²) in [6.45, 7) is 7.96. The van der Waals surface area contributed by atoms with Gasteiger partial charge < -0.3 is 23.7 Å². The molecule has 5 nitrogen and oxygen atoms in total. The van der Waals surface area contributed by atoms with Crippen molar-refractivity contribution in [1.29, 1.82) is 0 Å². The topological polar surface area (TPSA) is 52.0 Å². The van der Waals surface area contributed by atoms with Gasteiger partial charge in [-0.2, -0.15) is 0 Å². The fourth-order valence-electron chi connectivity index (χ4n) is 3.74. The lowest BCUT2D eigenvalue weighted by Gasteiger charge is -2.24. The Morgan fingerprint density at radius 1 is 1.13 bits per heavy atom. The molecular formula is C24H32FN2O3+. The number of hydrogen-bond acceptors (Lipinski definition) is 3. The number of hydrogen-bond donors (Lipinski definition) is 2. The van der Waals surface area contributed by atoms with Crippen molar-refractivity contribution >= 4 is 0 Å². The third-order valence-corrected chi connectivity index (χ3v) is 4.95. The van der Waals surface area contributed by atoms with Gasteiger partial charge in [-0.1, -0.05) is 26.0 Å². The smallest absolute Gasteiger partial charge is 0.129 e. The minimum Gasteiger partial charge on any atom is -0.467 e. The van der Waals surface area contributed by atoms with Gasteiger partial charge in [0.15, 0.2) is 0 Å². The van der Waals surface area contributed by atoms with Crippen molar-refractivity contribution in [3.63, 3.8) is 0 Å². The highest BCUT2D eigenvalue weighted by molar-refractivity contribution is 5.18. The molecule has 1 unspecified atom stereocenters. The quantitative estimate of drug-likeness (QED) is 0.478. The van der Waals surface area contributed by atoms with Crippen LogP contribution in [0, 0.1) is 11.7 Å². The monoisotopic (exact) mass is 415 g/mol. The van der Waals surface area contributed by atoms with Crippen molar-refractivity contribution < 1.29 is 23.6 Å². The second-order valence-electron chi connectivity index (χ2n) is 8.23. The first-order valence-corrected chi connectivity index (χ1v) is 10.5. The normalized spacial score (nSPS) is 13.6. The van der Waals surface area contributed by atoms with Crippen molar-refractivity contribution in [2.24, 2.45) is 5.92 Å². The molecular weight excluding hydrogens is 383 g/mol. The molecule has 0 saturated heterocycles. The Kier molecular flexibility index (Phi) is 8.25. The molecule has 0 aliphatic carbocycles. The lowest BCUT2D eigenvalue weighted by molar-refractivity contribution is -0.920. The van der Waals surface area contributed by atoms with Crippen molar-refractivity contribution in [2.75, 3.05) is 19.7 Å². The molecule has 0 fully saturated rings. The highest BCUT2D eigenvalue weighted by Gasteiger charge is 2.19. The van der Waals surface area contributed by atoms with Crippen LogP contribution in [-0.2, 0) is 24.4 Å². The van der Waals surface area contributed by atoms with E-state index < -0.39 is 6.10 Å². The van der Waals surface area contributed by atoms with E-state index in [1.54, 1.807) is 18.4 Å². The summed E-state index contributed by atoms with van der Waals surface area (Å²) in [5.41, 5.74) is 2.10. The van der Waals surface area contributed by atoms with E-state index in [-0.39, 0.29) is 12.4 Å². The third kappa shape index (κ3) is 7.13. The molecule has 0 spiro atoms. The number of halogens is 1. The number of nitrogens with one attached hydrogen (secondary N) is 1. The molecule has 30 heavy (non-hydrogen) atoms. The molecule has 2 heterocycles. The predicted octanol–water partition coefficient (Wildman–Crippen LogP) is 2.89. The van der Waals surface area contributed by atoms with Crippen LogP contribution in [0.25, 0.3) is 0 Å². The van der Waals surface area contributed by atoms with Crippen molar-refractivity contribution in [2.45, 2.75) is 39.6 Å². The average molecular weight is 416 g/mol. The Labute approximate surface area is 177 Å². The molecule has 0 radical (unpaired) electrons. The molecule has 1 aromatic carbocycles. The van der Waals surface area contributed by atoms with E-state index in [0.717, 1.165) is 24.4 Å². The van der Waals surface area contributed by atoms with E-state index in [1.807, 2.05) is 30.5 Å². The van der Waals surface area contributed by atoms with Gasteiger partial charge >= 0.3 is 0 Å². The predicted molar refractivity (Wildman–Crippen MR) is 114 cm³/mol. The number of benzene rings is 1. The van der Waals surface area contributed by atoms with Gasteiger partial charge in [0.25, 0.3) is 0 Å². The first-order valence-electron chi connectivity index (χ1n) is 10.5. The van der Waals surface area contributed by atoms with Crippen LogP contribution in [0.5, 0.6) is 0 Å². The SMILES string of the molecule is CC(C)C[NH+](Cc1cccn1Cc1cccc(F)c1)C[C@@H](O)COCc1ccco1. The van der Waals surface area contributed by atoms with E-state index >= 15 is 0 Å². The lowest BCUT2D eigenvalue weighted by Crippen LogP contribution is -3.12. The summed E-state index contributed by atoms with van der Waals surface area (Å²) in [6.07, 6.45) is 3.08. The molecule has 0 aliphatic rings. The fraction of sp³-hybridized carbons (Fsp3) is 0.417. The number of aliphatic hydroxyl groups excluding tert-OH is 1. The Morgan fingerprint density at radius 2 is 2.00 bits per heavy atom. The average Bonchev–Trinajstić information content (AvgIpc) is 3.34. The lowest BCUT2D eigenvalue weighted by atomic mass is 10.2. The van der Waals surface area contributed by atoms with Gasteiger partial charge in [-0.25, -0.2) is 4.39 Å². The zero-order valence-corrected chi connectivity index (χ0v) is 17.8. The summed E-state index contributed by atoms with van der Waals surface area (Å²) in [5, 5.41) is 10.5. The summed E-state index contributed by atoms with van der Waals surface area (Å²) in [5.74, 6) is 1.04. The van der Waals surface area contributed by atoms with Crippen LogP contribution < -0.4 is 4.90 Å². The Bertz CT molecular complexity index is 876. The standard InChI is InChI=1S/C24H31FN2O3/c1-19(2)13-26(16-23(28)17-29-18-24-9-5-11-30-24)15-22-8-4-10-27(22)14-20-6-3-7-21(25)12-20/h3-12,19,23,28H,13-18H2,1-2H3/p+1/t23-/m1/s1. The van der Waals surface area contributed by atoms with Crippen LogP contribution in [0.1, 0.15) is 30.9 Å². The van der Waals surface area contributed by atoms with Gasteiger partial charge in [0.2, 0.25) is 0 Å². The number of rotatable bonds is 12. The molecule has 2 N–H and O–H groups in total. The van der Waals surface area contributed by atoms with Crippen molar-refractivity contribution in [3.8, 4) is 0 Å². The summed E-state index contributed by atoms with van der Waals surface area (Å²) >= 11 is 0. The maximum atomic E-state index is 13.5. The Hall–Kier alpha value is -2.41. The molecule has 0 amide bonds. The molecule has 0 aliphatic heterocycles. The van der Waals surface area contributed by atoms with Crippen LogP contribution in [0.3, 0.4) is 0 Å². The fourth-order valence-corrected chi connectivity index (χ4v) is 3.74. The Balaban J connectivity index is 1.57. The largest absolute Gasteiger partial charge is 0.467 e. The second kappa shape index (κ2) is 11.1. The zero-order chi connectivity index (χ0) is 21.3. The summed E-state index contributed by atoms with van der Waals surface area (Å²) in [4.78, 5) is 1.29. The van der Waals surface area contributed by atoms with Gasteiger partial charge in [-0.05, 0) is 42.0 Å². The van der Waals surface area contributed by atoms with E-state index in [4.69, 9.17) is 9.15 Å². The van der Waals surface area contributed by atoms with E-state index in [0.29, 0.717) is 25.6 Å². The Morgan fingerprint density at radius 3 is 2.73 bits per heavy atom. The minimum atomic E-state index is -0.555. The molecule has 162 valence electrons. The molecule has 3 aromatic rings. The molecule has 0 saturated carbocycles. The molecule has 2 aromatic heterocycles. The van der Waals surface area contributed by atoms with Gasteiger partial charge in [0.05, 0.1) is 25.1 Å². The molecule has 3 rings (SSSR count). The number of ether oxygens (including phenoxy) is 1. The third-order valence-electron chi connectivity index (χ3n) is 4.95.